The Hall–Kier alpha value is -2.38. The van der Waals surface area contributed by atoms with E-state index >= 15 is 0 Å². The maximum Gasteiger partial charge on any atom is 0.237 e. The number of benzene rings is 1. The fraction of sp³-hybridized carbons (Fsp3) is 0.200. The van der Waals surface area contributed by atoms with Gasteiger partial charge in [0.2, 0.25) is 5.88 Å². The first-order valence-electron chi connectivity index (χ1n) is 5.90. The van der Waals surface area contributed by atoms with Crippen molar-refractivity contribution in [3.63, 3.8) is 0 Å². The highest BCUT2D eigenvalue weighted by molar-refractivity contribution is 5.47. The van der Waals surface area contributed by atoms with Crippen molar-refractivity contribution in [2.45, 2.75) is 20.5 Å². The number of rotatable bonds is 3. The normalized spacial score (nSPS) is 10.0. The van der Waals surface area contributed by atoms with Crippen LogP contribution in [0.2, 0.25) is 0 Å². The van der Waals surface area contributed by atoms with Crippen LogP contribution in [-0.2, 0) is 6.61 Å². The largest absolute Gasteiger partial charge is 0.438 e. The number of aliphatic hydroxyl groups is 1. The van der Waals surface area contributed by atoms with Crippen LogP contribution >= 0.6 is 0 Å². The van der Waals surface area contributed by atoms with Gasteiger partial charge in [-0.1, -0.05) is 12.1 Å². The zero-order valence-electron chi connectivity index (χ0n) is 10.8. The monoisotopic (exact) mass is 254 g/mol. The fourth-order valence-electron chi connectivity index (χ4n) is 1.79. The zero-order chi connectivity index (χ0) is 13.8. The molecule has 2 rings (SSSR count). The van der Waals surface area contributed by atoms with Gasteiger partial charge in [0, 0.05) is 5.69 Å². The first-order valence-corrected chi connectivity index (χ1v) is 5.90. The topological polar surface area (TPSA) is 66.1 Å². The number of ether oxygens (including phenoxy) is 1. The predicted molar refractivity (Wildman–Crippen MR) is 70.9 cm³/mol. The van der Waals surface area contributed by atoms with E-state index in [0.29, 0.717) is 17.2 Å². The Bertz CT molecular complexity index is 628. The van der Waals surface area contributed by atoms with Crippen molar-refractivity contribution >= 4 is 0 Å². The summed E-state index contributed by atoms with van der Waals surface area (Å²) in [5.41, 5.74) is 2.90. The lowest BCUT2D eigenvalue weighted by atomic mass is 10.1. The third-order valence-corrected chi connectivity index (χ3v) is 2.74. The molecule has 0 atom stereocenters. The summed E-state index contributed by atoms with van der Waals surface area (Å²) in [6.45, 7) is 3.70. The molecular formula is C15H14N2O2. The fourth-order valence-corrected chi connectivity index (χ4v) is 1.79. The van der Waals surface area contributed by atoms with Crippen LogP contribution < -0.4 is 4.74 Å². The van der Waals surface area contributed by atoms with Crippen LogP contribution in [0.25, 0.3) is 0 Å². The lowest BCUT2D eigenvalue weighted by Gasteiger charge is -2.09. The van der Waals surface area contributed by atoms with Crippen LogP contribution in [0.5, 0.6) is 11.6 Å². The molecule has 0 saturated heterocycles. The highest BCUT2D eigenvalue weighted by atomic mass is 16.5. The second kappa shape index (κ2) is 5.51. The maximum absolute atomic E-state index is 9.15. The zero-order valence-corrected chi connectivity index (χ0v) is 10.8. The molecule has 19 heavy (non-hydrogen) atoms. The van der Waals surface area contributed by atoms with E-state index in [-0.39, 0.29) is 6.61 Å². The van der Waals surface area contributed by atoms with Crippen molar-refractivity contribution < 1.29 is 9.84 Å². The van der Waals surface area contributed by atoms with E-state index in [1.54, 1.807) is 24.3 Å². The van der Waals surface area contributed by atoms with Gasteiger partial charge >= 0.3 is 0 Å². The van der Waals surface area contributed by atoms with E-state index in [0.717, 1.165) is 16.8 Å². The Morgan fingerprint density at radius 1 is 1.26 bits per heavy atom. The summed E-state index contributed by atoms with van der Waals surface area (Å²) in [5, 5.41) is 18.1. The maximum atomic E-state index is 9.15. The van der Waals surface area contributed by atoms with Gasteiger partial charge in [0.1, 0.15) is 17.4 Å². The standard InChI is InChI=1S/C15H14N2O2/c1-10-7-11(2)17-15(14(10)8-16)19-13-5-3-12(9-18)4-6-13/h3-7,18H,9H2,1-2H3. The van der Waals surface area contributed by atoms with Gasteiger partial charge in [0.05, 0.1) is 6.61 Å². The van der Waals surface area contributed by atoms with Gasteiger partial charge in [-0.3, -0.25) is 0 Å². The summed E-state index contributed by atoms with van der Waals surface area (Å²) in [6.07, 6.45) is 0. The van der Waals surface area contributed by atoms with Crippen molar-refractivity contribution in [2.24, 2.45) is 0 Å². The van der Waals surface area contributed by atoms with Crippen molar-refractivity contribution in [3.05, 3.63) is 52.7 Å². The second-order valence-electron chi connectivity index (χ2n) is 4.28. The number of pyridine rings is 1. The molecule has 0 unspecified atom stereocenters. The van der Waals surface area contributed by atoms with Gasteiger partial charge in [-0.05, 0) is 43.2 Å². The smallest absolute Gasteiger partial charge is 0.237 e. The molecule has 0 saturated carbocycles. The molecule has 0 aliphatic heterocycles. The molecule has 4 heteroatoms. The Labute approximate surface area is 111 Å². The van der Waals surface area contributed by atoms with Gasteiger partial charge in [-0.25, -0.2) is 4.98 Å². The number of hydrogen-bond acceptors (Lipinski definition) is 4. The first-order chi connectivity index (χ1) is 9.13. The van der Waals surface area contributed by atoms with E-state index in [1.165, 1.54) is 0 Å². The summed E-state index contributed by atoms with van der Waals surface area (Å²) >= 11 is 0. The summed E-state index contributed by atoms with van der Waals surface area (Å²) in [5.74, 6) is 0.906. The summed E-state index contributed by atoms with van der Waals surface area (Å²) < 4.78 is 5.65. The molecule has 1 aromatic heterocycles. The SMILES string of the molecule is Cc1cc(C)c(C#N)c(Oc2ccc(CO)cc2)n1. The van der Waals surface area contributed by atoms with E-state index in [2.05, 4.69) is 11.1 Å². The minimum Gasteiger partial charge on any atom is -0.438 e. The molecule has 0 spiro atoms. The molecular weight excluding hydrogens is 240 g/mol. The van der Waals surface area contributed by atoms with Gasteiger partial charge in [-0.2, -0.15) is 5.26 Å². The van der Waals surface area contributed by atoms with Crippen LogP contribution in [0.3, 0.4) is 0 Å². The highest BCUT2D eigenvalue weighted by Gasteiger charge is 2.10. The Morgan fingerprint density at radius 2 is 1.95 bits per heavy atom. The van der Waals surface area contributed by atoms with Crippen LogP contribution in [0.4, 0.5) is 0 Å². The molecule has 2 aromatic rings. The number of aryl methyl sites for hydroxylation is 2. The predicted octanol–water partition coefficient (Wildman–Crippen LogP) is 2.85. The first kappa shape index (κ1) is 13.1. The molecule has 1 N–H and O–H groups in total. The Balaban J connectivity index is 2.34. The number of aromatic nitrogens is 1. The Kier molecular flexibility index (Phi) is 3.79. The van der Waals surface area contributed by atoms with Crippen LogP contribution in [-0.4, -0.2) is 10.1 Å². The third kappa shape index (κ3) is 2.90. The molecule has 1 aromatic carbocycles. The van der Waals surface area contributed by atoms with Gasteiger partial charge in [0.25, 0.3) is 0 Å². The van der Waals surface area contributed by atoms with Crippen LogP contribution in [0.15, 0.2) is 30.3 Å². The molecule has 96 valence electrons. The summed E-state index contributed by atoms with van der Waals surface area (Å²) in [4.78, 5) is 4.25. The van der Waals surface area contributed by atoms with E-state index in [9.17, 15) is 0 Å². The minimum atomic E-state index is -0.00840. The van der Waals surface area contributed by atoms with Crippen molar-refractivity contribution in [1.82, 2.24) is 4.98 Å². The van der Waals surface area contributed by atoms with Gasteiger partial charge < -0.3 is 9.84 Å². The molecule has 0 bridgehead atoms. The molecule has 0 fully saturated rings. The lowest BCUT2D eigenvalue weighted by Crippen LogP contribution is -1.97. The van der Waals surface area contributed by atoms with Crippen LogP contribution in [0.1, 0.15) is 22.4 Å². The average molecular weight is 254 g/mol. The quantitative estimate of drug-likeness (QED) is 0.914. The van der Waals surface area contributed by atoms with E-state index in [1.807, 2.05) is 19.9 Å². The molecule has 0 aliphatic carbocycles. The van der Waals surface area contributed by atoms with Crippen molar-refractivity contribution in [1.29, 1.82) is 5.26 Å². The Morgan fingerprint density at radius 3 is 2.53 bits per heavy atom. The minimum absolute atomic E-state index is 0.00840. The average Bonchev–Trinajstić information content (AvgIpc) is 2.39. The molecule has 0 aliphatic rings. The second-order valence-corrected chi connectivity index (χ2v) is 4.28. The molecule has 1 heterocycles. The van der Waals surface area contributed by atoms with Gasteiger partial charge in [0.15, 0.2) is 0 Å². The number of nitriles is 1. The molecule has 4 nitrogen and oxygen atoms in total. The van der Waals surface area contributed by atoms with E-state index in [4.69, 9.17) is 15.1 Å². The van der Waals surface area contributed by atoms with Crippen LogP contribution in [0, 0.1) is 25.2 Å². The molecule has 0 amide bonds. The highest BCUT2D eigenvalue weighted by Crippen LogP contribution is 2.25. The third-order valence-electron chi connectivity index (χ3n) is 2.74. The number of nitrogens with zero attached hydrogens (tertiary/aromatic N) is 2. The molecule has 0 radical (unpaired) electrons. The van der Waals surface area contributed by atoms with Gasteiger partial charge in [-0.15, -0.1) is 0 Å². The lowest BCUT2D eigenvalue weighted by molar-refractivity contribution is 0.281. The van der Waals surface area contributed by atoms with E-state index < -0.39 is 0 Å². The van der Waals surface area contributed by atoms with Crippen molar-refractivity contribution in [3.8, 4) is 17.7 Å². The van der Waals surface area contributed by atoms with Crippen molar-refractivity contribution in [2.75, 3.05) is 0 Å². The number of aliphatic hydroxyl groups excluding tert-OH is 1. The number of hydrogen-bond donors (Lipinski definition) is 1. The summed E-state index contributed by atoms with van der Waals surface area (Å²) in [7, 11) is 0. The summed E-state index contributed by atoms with van der Waals surface area (Å²) in [6, 6.07) is 11.0.